The Labute approximate surface area is 126 Å². The van der Waals surface area contributed by atoms with Gasteiger partial charge in [0.05, 0.1) is 18.8 Å². The van der Waals surface area contributed by atoms with Gasteiger partial charge in [-0.1, -0.05) is 36.4 Å². The molecule has 4 heteroatoms. The maximum atomic E-state index is 4.59. The molecule has 4 nitrogen and oxygen atoms in total. The maximum Gasteiger partial charge on any atom is 0.191 e. The SMILES string of the molecule is CCNC(=NCc1ccccc1)NCc1cccc(C)n1. The summed E-state index contributed by atoms with van der Waals surface area (Å²) in [6.45, 7) is 6.23. The number of aromatic nitrogens is 1. The average Bonchev–Trinajstić information content (AvgIpc) is 2.51. The Morgan fingerprint density at radius 2 is 1.86 bits per heavy atom. The first-order valence-electron chi connectivity index (χ1n) is 7.26. The Kier molecular flexibility index (Phi) is 5.76. The maximum absolute atomic E-state index is 4.59. The number of nitrogens with one attached hydrogen (secondary N) is 2. The van der Waals surface area contributed by atoms with Crippen LogP contribution < -0.4 is 10.6 Å². The van der Waals surface area contributed by atoms with Crippen molar-refractivity contribution in [1.29, 1.82) is 0 Å². The second-order valence-corrected chi connectivity index (χ2v) is 4.80. The fraction of sp³-hybridized carbons (Fsp3) is 0.294. The molecule has 2 aromatic rings. The van der Waals surface area contributed by atoms with Gasteiger partial charge in [-0.25, -0.2) is 4.99 Å². The van der Waals surface area contributed by atoms with Gasteiger partial charge in [0.15, 0.2) is 5.96 Å². The van der Waals surface area contributed by atoms with Crippen molar-refractivity contribution in [3.63, 3.8) is 0 Å². The molecule has 0 atom stereocenters. The molecular weight excluding hydrogens is 260 g/mol. The number of aryl methyl sites for hydroxylation is 1. The van der Waals surface area contributed by atoms with Crippen LogP contribution in [-0.4, -0.2) is 17.5 Å². The van der Waals surface area contributed by atoms with E-state index in [-0.39, 0.29) is 0 Å². The predicted octanol–water partition coefficient (Wildman–Crippen LogP) is 2.65. The molecule has 110 valence electrons. The number of rotatable bonds is 5. The van der Waals surface area contributed by atoms with Crippen LogP contribution in [-0.2, 0) is 13.1 Å². The molecule has 0 aliphatic carbocycles. The van der Waals surface area contributed by atoms with Gasteiger partial charge in [-0.2, -0.15) is 0 Å². The summed E-state index contributed by atoms with van der Waals surface area (Å²) < 4.78 is 0. The highest BCUT2D eigenvalue weighted by Crippen LogP contribution is 2.00. The highest BCUT2D eigenvalue weighted by atomic mass is 15.2. The first-order chi connectivity index (χ1) is 10.3. The number of pyridine rings is 1. The van der Waals surface area contributed by atoms with E-state index >= 15 is 0 Å². The minimum absolute atomic E-state index is 0.664. The first kappa shape index (κ1) is 15.0. The zero-order valence-corrected chi connectivity index (χ0v) is 12.6. The van der Waals surface area contributed by atoms with E-state index in [4.69, 9.17) is 0 Å². The van der Waals surface area contributed by atoms with E-state index in [9.17, 15) is 0 Å². The molecule has 0 saturated carbocycles. The lowest BCUT2D eigenvalue weighted by Crippen LogP contribution is -2.37. The molecule has 0 saturated heterocycles. The minimum Gasteiger partial charge on any atom is -0.357 e. The van der Waals surface area contributed by atoms with Crippen molar-refractivity contribution >= 4 is 5.96 Å². The van der Waals surface area contributed by atoms with Crippen molar-refractivity contribution in [3.8, 4) is 0 Å². The van der Waals surface area contributed by atoms with Gasteiger partial charge in [0.2, 0.25) is 0 Å². The quantitative estimate of drug-likeness (QED) is 0.655. The lowest BCUT2D eigenvalue weighted by molar-refractivity contribution is 0.796. The van der Waals surface area contributed by atoms with Crippen LogP contribution in [0.1, 0.15) is 23.9 Å². The van der Waals surface area contributed by atoms with Gasteiger partial charge in [0.25, 0.3) is 0 Å². The van der Waals surface area contributed by atoms with Crippen molar-refractivity contribution in [2.24, 2.45) is 4.99 Å². The molecule has 0 amide bonds. The third kappa shape index (κ3) is 5.26. The van der Waals surface area contributed by atoms with Crippen molar-refractivity contribution in [2.75, 3.05) is 6.54 Å². The average molecular weight is 282 g/mol. The highest BCUT2D eigenvalue weighted by molar-refractivity contribution is 5.79. The Balaban J connectivity index is 1.95. The number of guanidine groups is 1. The van der Waals surface area contributed by atoms with Crippen molar-refractivity contribution in [1.82, 2.24) is 15.6 Å². The zero-order chi connectivity index (χ0) is 14.9. The molecule has 1 aromatic heterocycles. The number of nitrogens with zero attached hydrogens (tertiary/aromatic N) is 2. The smallest absolute Gasteiger partial charge is 0.191 e. The molecular formula is C17H22N4. The van der Waals surface area contributed by atoms with Gasteiger partial charge in [-0.05, 0) is 31.5 Å². The second-order valence-electron chi connectivity index (χ2n) is 4.80. The van der Waals surface area contributed by atoms with E-state index in [1.165, 1.54) is 5.56 Å². The van der Waals surface area contributed by atoms with Crippen LogP contribution in [0.4, 0.5) is 0 Å². The molecule has 0 unspecified atom stereocenters. The van der Waals surface area contributed by atoms with Crippen LogP contribution in [0.2, 0.25) is 0 Å². The summed E-state index contributed by atoms with van der Waals surface area (Å²) >= 11 is 0. The lowest BCUT2D eigenvalue weighted by Gasteiger charge is -2.11. The molecule has 21 heavy (non-hydrogen) atoms. The highest BCUT2D eigenvalue weighted by Gasteiger charge is 1.99. The second kappa shape index (κ2) is 8.04. The van der Waals surface area contributed by atoms with Crippen LogP contribution in [0.5, 0.6) is 0 Å². The molecule has 1 aromatic carbocycles. The molecule has 0 aliphatic rings. The van der Waals surface area contributed by atoms with Crippen molar-refractivity contribution < 1.29 is 0 Å². The zero-order valence-electron chi connectivity index (χ0n) is 12.6. The van der Waals surface area contributed by atoms with Gasteiger partial charge in [0.1, 0.15) is 0 Å². The molecule has 2 rings (SSSR count). The number of hydrogen-bond donors (Lipinski definition) is 2. The third-order valence-electron chi connectivity index (χ3n) is 2.99. The summed E-state index contributed by atoms with van der Waals surface area (Å²) in [5.74, 6) is 0.810. The standard InChI is InChI=1S/C17H22N4/c1-3-18-17(19-12-15-9-5-4-6-10-15)20-13-16-11-7-8-14(2)21-16/h4-11H,3,12-13H2,1-2H3,(H2,18,19,20). The number of hydrogen-bond acceptors (Lipinski definition) is 2. The van der Waals surface area contributed by atoms with E-state index < -0.39 is 0 Å². The van der Waals surface area contributed by atoms with Gasteiger partial charge in [-0.15, -0.1) is 0 Å². The monoisotopic (exact) mass is 282 g/mol. The van der Waals surface area contributed by atoms with E-state index in [2.05, 4.69) is 39.7 Å². The molecule has 0 bridgehead atoms. The summed E-state index contributed by atoms with van der Waals surface area (Å²) in [7, 11) is 0. The molecule has 1 heterocycles. The van der Waals surface area contributed by atoms with Crippen molar-refractivity contribution in [2.45, 2.75) is 26.9 Å². The molecule has 0 spiro atoms. The lowest BCUT2D eigenvalue weighted by atomic mass is 10.2. The molecule has 0 fully saturated rings. The molecule has 2 N–H and O–H groups in total. The summed E-state index contributed by atoms with van der Waals surface area (Å²) in [6.07, 6.45) is 0. The summed E-state index contributed by atoms with van der Waals surface area (Å²) in [4.78, 5) is 9.07. The Morgan fingerprint density at radius 1 is 1.05 bits per heavy atom. The van der Waals surface area contributed by atoms with Crippen LogP contribution in [0.25, 0.3) is 0 Å². The van der Waals surface area contributed by atoms with Crippen molar-refractivity contribution in [3.05, 3.63) is 65.5 Å². The number of aliphatic imine (C=N–C) groups is 1. The Bertz CT molecular complexity index is 578. The fourth-order valence-electron chi connectivity index (χ4n) is 1.97. The fourth-order valence-corrected chi connectivity index (χ4v) is 1.97. The van der Waals surface area contributed by atoms with Crippen LogP contribution in [0.3, 0.4) is 0 Å². The van der Waals surface area contributed by atoms with Gasteiger partial charge >= 0.3 is 0 Å². The largest absolute Gasteiger partial charge is 0.357 e. The topological polar surface area (TPSA) is 49.3 Å². The van der Waals surface area contributed by atoms with Crippen LogP contribution >= 0.6 is 0 Å². The van der Waals surface area contributed by atoms with Crippen LogP contribution in [0, 0.1) is 6.92 Å². The molecule has 0 radical (unpaired) electrons. The third-order valence-corrected chi connectivity index (χ3v) is 2.99. The summed E-state index contributed by atoms with van der Waals surface area (Å²) in [5.41, 5.74) is 3.24. The Morgan fingerprint density at radius 3 is 2.57 bits per heavy atom. The van der Waals surface area contributed by atoms with Crippen LogP contribution in [0.15, 0.2) is 53.5 Å². The van der Waals surface area contributed by atoms with E-state index in [0.717, 1.165) is 23.9 Å². The Hall–Kier alpha value is -2.36. The summed E-state index contributed by atoms with van der Waals surface area (Å²) in [6, 6.07) is 16.3. The molecule has 0 aliphatic heterocycles. The van der Waals surface area contributed by atoms with Gasteiger partial charge in [0, 0.05) is 12.2 Å². The first-order valence-corrected chi connectivity index (χ1v) is 7.26. The van der Waals surface area contributed by atoms with E-state index in [1.54, 1.807) is 0 Å². The van der Waals surface area contributed by atoms with Gasteiger partial charge < -0.3 is 10.6 Å². The van der Waals surface area contributed by atoms with E-state index in [1.807, 2.05) is 43.3 Å². The van der Waals surface area contributed by atoms with E-state index in [0.29, 0.717) is 13.1 Å². The number of benzene rings is 1. The summed E-state index contributed by atoms with van der Waals surface area (Å²) in [5, 5.41) is 6.56. The predicted molar refractivity (Wildman–Crippen MR) is 87.1 cm³/mol. The normalized spacial score (nSPS) is 11.2. The van der Waals surface area contributed by atoms with Gasteiger partial charge in [-0.3, -0.25) is 4.98 Å². The minimum atomic E-state index is 0.664.